The first kappa shape index (κ1) is 36.3. The zero-order valence-electron chi connectivity index (χ0n) is 29.8. The van der Waals surface area contributed by atoms with Crippen molar-refractivity contribution in [2.75, 3.05) is 31.1 Å². The Hall–Kier alpha value is -3.52. The van der Waals surface area contributed by atoms with Crippen LogP contribution >= 0.6 is 0 Å². The highest BCUT2D eigenvalue weighted by Gasteiger charge is 2.69. The van der Waals surface area contributed by atoms with Crippen molar-refractivity contribution in [1.82, 2.24) is 10.6 Å². The second-order valence-corrected chi connectivity index (χ2v) is 14.4. The molecule has 13 heteroatoms. The third-order valence-electron chi connectivity index (χ3n) is 11.2. The SMILES string of the molecule is CCN(CC)c1ccc2cc(C(=O)NCCCCNC(=O)CCC(=O)OC3OC4OC5(C)CCC6C(C)CCC(C3C)C46OO5)c(=O)oc2c1. The Morgan fingerprint density at radius 2 is 1.72 bits per heavy atom. The van der Waals surface area contributed by atoms with E-state index >= 15 is 0 Å². The van der Waals surface area contributed by atoms with Gasteiger partial charge in [0.15, 0.2) is 11.9 Å². The summed E-state index contributed by atoms with van der Waals surface area (Å²) in [6.07, 6.45) is 3.09. The Morgan fingerprint density at radius 3 is 2.48 bits per heavy atom. The van der Waals surface area contributed by atoms with Crippen molar-refractivity contribution in [3.63, 3.8) is 0 Å². The molecule has 2 bridgehead atoms. The van der Waals surface area contributed by atoms with Gasteiger partial charge in [0, 0.05) is 68.0 Å². The largest absolute Gasteiger partial charge is 0.435 e. The average Bonchev–Trinajstić information content (AvgIpc) is 3.33. The molecule has 2 N–H and O–H groups in total. The molecule has 7 rings (SSSR count). The number of nitrogens with zero attached hydrogens (tertiary/aromatic N) is 1. The topological polar surface area (TPSA) is 155 Å². The molecule has 2 aromatic rings. The lowest BCUT2D eigenvalue weighted by atomic mass is 9.58. The summed E-state index contributed by atoms with van der Waals surface area (Å²) >= 11 is 0. The second kappa shape index (κ2) is 15.0. The lowest BCUT2D eigenvalue weighted by molar-refractivity contribution is -0.576. The van der Waals surface area contributed by atoms with Crippen LogP contribution in [0.5, 0.6) is 0 Å². The van der Waals surface area contributed by atoms with E-state index in [9.17, 15) is 19.2 Å². The first-order valence-corrected chi connectivity index (χ1v) is 18.2. The van der Waals surface area contributed by atoms with Crippen molar-refractivity contribution in [1.29, 1.82) is 0 Å². The molecule has 8 unspecified atom stereocenters. The van der Waals surface area contributed by atoms with Gasteiger partial charge in [-0.15, -0.1) is 0 Å². The highest BCUT2D eigenvalue weighted by Crippen LogP contribution is 2.60. The van der Waals surface area contributed by atoms with Gasteiger partial charge in [-0.2, -0.15) is 0 Å². The quantitative estimate of drug-likeness (QED) is 0.128. The van der Waals surface area contributed by atoms with E-state index < -0.39 is 41.5 Å². The van der Waals surface area contributed by atoms with E-state index in [1.54, 1.807) is 6.07 Å². The zero-order valence-corrected chi connectivity index (χ0v) is 29.8. The molecule has 4 saturated heterocycles. The van der Waals surface area contributed by atoms with Crippen molar-refractivity contribution in [2.24, 2.45) is 23.7 Å². The van der Waals surface area contributed by atoms with E-state index in [2.05, 4.69) is 36.3 Å². The van der Waals surface area contributed by atoms with Crippen LogP contribution in [0.3, 0.4) is 0 Å². The monoisotopic (exact) mass is 697 g/mol. The van der Waals surface area contributed by atoms with Crippen molar-refractivity contribution < 1.29 is 42.8 Å². The fraction of sp³-hybridized carbons (Fsp3) is 0.676. The summed E-state index contributed by atoms with van der Waals surface area (Å²) in [5, 5.41) is 6.23. The summed E-state index contributed by atoms with van der Waals surface area (Å²) < 4.78 is 23.9. The van der Waals surface area contributed by atoms with Crippen LogP contribution in [0.25, 0.3) is 11.0 Å². The van der Waals surface area contributed by atoms with E-state index in [-0.39, 0.29) is 42.1 Å². The molecule has 8 atom stereocenters. The number of benzene rings is 1. The minimum absolute atomic E-state index is 0.0211. The van der Waals surface area contributed by atoms with Gasteiger partial charge in [-0.05, 0) is 82.9 Å². The molecule has 5 aliphatic rings. The van der Waals surface area contributed by atoms with Gasteiger partial charge in [0.25, 0.3) is 5.91 Å². The van der Waals surface area contributed by atoms with Gasteiger partial charge in [-0.3, -0.25) is 14.4 Å². The molecule has 5 fully saturated rings. The van der Waals surface area contributed by atoms with Gasteiger partial charge in [0.05, 0.1) is 6.42 Å². The van der Waals surface area contributed by atoms with Crippen LogP contribution in [0, 0.1) is 23.7 Å². The van der Waals surface area contributed by atoms with Crippen LogP contribution in [-0.4, -0.2) is 67.9 Å². The number of fused-ring (bicyclic) bond motifs is 3. The highest BCUT2D eigenvalue weighted by molar-refractivity contribution is 5.97. The van der Waals surface area contributed by atoms with Crippen molar-refractivity contribution in [3.05, 3.63) is 40.2 Å². The Bertz CT molecular complexity index is 1630. The maximum absolute atomic E-state index is 12.8. The molecule has 274 valence electrons. The van der Waals surface area contributed by atoms with Gasteiger partial charge in [0.1, 0.15) is 11.1 Å². The van der Waals surface area contributed by atoms with Crippen LogP contribution < -0.4 is 21.2 Å². The predicted octanol–water partition coefficient (Wildman–Crippen LogP) is 4.80. The van der Waals surface area contributed by atoms with Crippen LogP contribution in [0.2, 0.25) is 0 Å². The molecular formula is C37H51N3O10. The van der Waals surface area contributed by atoms with E-state index in [4.69, 9.17) is 28.4 Å². The average molecular weight is 698 g/mol. The smallest absolute Gasteiger partial charge is 0.349 e. The Labute approximate surface area is 292 Å². The number of hydrogen-bond acceptors (Lipinski definition) is 11. The number of unbranched alkanes of at least 4 members (excludes halogenated alkanes) is 1. The van der Waals surface area contributed by atoms with E-state index in [1.807, 2.05) is 32.0 Å². The number of rotatable bonds is 13. The van der Waals surface area contributed by atoms with E-state index in [0.717, 1.165) is 38.0 Å². The molecule has 1 spiro atoms. The third-order valence-corrected chi connectivity index (χ3v) is 11.2. The molecule has 0 radical (unpaired) electrons. The number of esters is 1. The molecule has 4 aliphatic heterocycles. The maximum atomic E-state index is 12.8. The lowest BCUT2D eigenvalue weighted by Crippen LogP contribution is -2.70. The fourth-order valence-electron chi connectivity index (χ4n) is 8.32. The molecule has 1 aromatic heterocycles. The summed E-state index contributed by atoms with van der Waals surface area (Å²) in [5.41, 5.74) is -0.0940. The van der Waals surface area contributed by atoms with Gasteiger partial charge in [-0.1, -0.05) is 13.8 Å². The molecular weight excluding hydrogens is 646 g/mol. The first-order valence-electron chi connectivity index (χ1n) is 18.2. The van der Waals surface area contributed by atoms with Crippen LogP contribution in [0.4, 0.5) is 5.69 Å². The molecule has 5 heterocycles. The summed E-state index contributed by atoms with van der Waals surface area (Å²) in [6.45, 7) is 12.6. The van der Waals surface area contributed by atoms with Gasteiger partial charge in [-0.25, -0.2) is 14.6 Å². The van der Waals surface area contributed by atoms with Crippen LogP contribution in [0.15, 0.2) is 33.5 Å². The fourth-order valence-corrected chi connectivity index (χ4v) is 8.32. The summed E-state index contributed by atoms with van der Waals surface area (Å²) in [6, 6.07) is 7.15. The number of ether oxygens (including phenoxy) is 3. The second-order valence-electron chi connectivity index (χ2n) is 14.4. The molecule has 13 nitrogen and oxygen atoms in total. The molecule has 1 aliphatic carbocycles. The summed E-state index contributed by atoms with van der Waals surface area (Å²) in [5.74, 6) is -1.67. The van der Waals surface area contributed by atoms with Gasteiger partial charge < -0.3 is 34.2 Å². The first-order chi connectivity index (χ1) is 24.0. The third kappa shape index (κ3) is 7.15. The van der Waals surface area contributed by atoms with E-state index in [1.165, 1.54) is 0 Å². The normalized spacial score (nSPS) is 31.4. The number of carbonyl (C=O) groups is 3. The minimum Gasteiger partial charge on any atom is -0.435 e. The predicted molar refractivity (Wildman–Crippen MR) is 183 cm³/mol. The Kier molecular flexibility index (Phi) is 10.9. The van der Waals surface area contributed by atoms with Crippen LogP contribution in [-0.2, 0) is 33.6 Å². The Morgan fingerprint density at radius 1 is 0.960 bits per heavy atom. The number of amides is 2. The van der Waals surface area contributed by atoms with Crippen molar-refractivity contribution in [3.8, 4) is 0 Å². The maximum Gasteiger partial charge on any atom is 0.349 e. The zero-order chi connectivity index (χ0) is 35.6. The van der Waals surface area contributed by atoms with Gasteiger partial charge in [0.2, 0.25) is 18.0 Å². The van der Waals surface area contributed by atoms with Crippen LogP contribution in [0.1, 0.15) is 96.3 Å². The standard InChI is InChI=1S/C37H51N3O10/c1-6-40(7-2)25-12-11-24-20-26(33(44)45-29(24)21-25)32(43)39-19-9-8-18-38-30(41)14-15-31(42)46-34-23(4)28-13-10-22(3)27-16-17-36(5)48-35(47-34)37(27,28)50-49-36/h11-12,20-23,27-28,34-35H,6-10,13-19H2,1-5H3,(H,38,41)(H,39,43). The Balaban J connectivity index is 0.906. The van der Waals surface area contributed by atoms with E-state index in [0.29, 0.717) is 49.2 Å². The minimum atomic E-state index is -0.916. The van der Waals surface area contributed by atoms with Crippen molar-refractivity contribution >= 4 is 34.4 Å². The number of carbonyl (C=O) groups excluding carboxylic acids is 3. The lowest BCUT2D eigenvalue weighted by Gasteiger charge is -2.59. The molecule has 1 aromatic carbocycles. The molecule has 2 amide bonds. The molecule has 1 saturated carbocycles. The van der Waals surface area contributed by atoms with Gasteiger partial charge >= 0.3 is 11.6 Å². The molecule has 50 heavy (non-hydrogen) atoms. The number of nitrogens with one attached hydrogen (secondary N) is 2. The highest BCUT2D eigenvalue weighted by atomic mass is 17.3. The van der Waals surface area contributed by atoms with Crippen molar-refractivity contribution in [2.45, 2.75) is 110 Å². The summed E-state index contributed by atoms with van der Waals surface area (Å²) in [4.78, 5) is 64.7. The summed E-state index contributed by atoms with van der Waals surface area (Å²) in [7, 11) is 0. The number of hydrogen-bond donors (Lipinski definition) is 2. The number of anilines is 1.